The van der Waals surface area contributed by atoms with Crippen LogP contribution in [-0.2, 0) is 0 Å². The molecule has 4 heteroatoms. The molecule has 0 radical (unpaired) electrons. The van der Waals surface area contributed by atoms with Gasteiger partial charge < -0.3 is 4.98 Å². The van der Waals surface area contributed by atoms with E-state index in [2.05, 4.69) is 15.5 Å². The van der Waals surface area contributed by atoms with Crippen LogP contribution in [0.5, 0.6) is 0 Å². The summed E-state index contributed by atoms with van der Waals surface area (Å²) in [6.45, 7) is 0. The summed E-state index contributed by atoms with van der Waals surface area (Å²) in [4.78, 5) is 15.1. The summed E-state index contributed by atoms with van der Waals surface area (Å²) in [6.07, 6.45) is 6.95. The topological polar surface area (TPSA) is 57.2 Å². The van der Waals surface area contributed by atoms with Gasteiger partial charge in [-0.15, -0.1) is 0 Å². The molecule has 0 spiro atoms. The van der Waals surface area contributed by atoms with Crippen LogP contribution in [0.2, 0.25) is 0 Å². The van der Waals surface area contributed by atoms with E-state index in [1.165, 1.54) is 0 Å². The number of rotatable bonds is 4. The Morgan fingerprint density at radius 1 is 1.05 bits per heavy atom. The van der Waals surface area contributed by atoms with Gasteiger partial charge in [-0.3, -0.25) is 4.79 Å². The van der Waals surface area contributed by atoms with Crippen LogP contribution in [0.3, 0.4) is 0 Å². The highest BCUT2D eigenvalue weighted by molar-refractivity contribution is 6.06. The van der Waals surface area contributed by atoms with E-state index in [1.807, 2.05) is 60.7 Å². The molecular weight excluding hydrogens is 274 g/mol. The molecule has 4 nitrogen and oxygen atoms in total. The van der Waals surface area contributed by atoms with E-state index in [0.717, 1.165) is 16.5 Å². The summed E-state index contributed by atoms with van der Waals surface area (Å²) in [7, 11) is 0. The highest BCUT2D eigenvalue weighted by Crippen LogP contribution is 2.17. The van der Waals surface area contributed by atoms with Crippen molar-refractivity contribution in [3.8, 4) is 0 Å². The van der Waals surface area contributed by atoms with Crippen molar-refractivity contribution in [3.63, 3.8) is 0 Å². The van der Waals surface area contributed by atoms with Crippen molar-refractivity contribution < 1.29 is 4.79 Å². The average Bonchev–Trinajstić information content (AvgIpc) is 2.99. The molecule has 0 atom stereocenters. The molecule has 3 aromatic rings. The molecule has 2 N–H and O–H groups in total. The minimum absolute atomic E-state index is 0.234. The lowest BCUT2D eigenvalue weighted by Gasteiger charge is -1.97. The minimum Gasteiger partial charge on any atom is -0.360 e. The van der Waals surface area contributed by atoms with Gasteiger partial charge in [0, 0.05) is 23.3 Å². The van der Waals surface area contributed by atoms with Crippen LogP contribution in [0.1, 0.15) is 15.9 Å². The number of fused-ring (bicyclic) bond motifs is 1. The van der Waals surface area contributed by atoms with E-state index in [0.29, 0.717) is 5.56 Å². The van der Waals surface area contributed by atoms with Gasteiger partial charge in [-0.2, -0.15) is 5.10 Å². The van der Waals surface area contributed by atoms with Crippen molar-refractivity contribution in [2.45, 2.75) is 0 Å². The van der Waals surface area contributed by atoms with Crippen molar-refractivity contribution in [3.05, 3.63) is 78.0 Å². The normalized spacial score (nSPS) is 11.5. The van der Waals surface area contributed by atoms with Crippen molar-refractivity contribution in [2.75, 3.05) is 0 Å². The summed E-state index contributed by atoms with van der Waals surface area (Å²) in [5.74, 6) is -0.234. The summed E-state index contributed by atoms with van der Waals surface area (Å²) in [5, 5.41) is 4.81. The number of hydrazone groups is 1. The molecule has 1 aromatic heterocycles. The predicted octanol–water partition coefficient (Wildman–Crippen LogP) is 3.60. The summed E-state index contributed by atoms with van der Waals surface area (Å²) in [5.41, 5.74) is 5.12. The number of amides is 1. The second kappa shape index (κ2) is 6.54. The van der Waals surface area contributed by atoms with Crippen LogP contribution in [0, 0.1) is 0 Å². The fraction of sp³-hybridized carbons (Fsp3) is 0. The van der Waals surface area contributed by atoms with Gasteiger partial charge in [-0.1, -0.05) is 54.6 Å². The molecule has 0 saturated heterocycles. The SMILES string of the molecule is O=C(NN=CC=Cc1ccccc1)c1c[nH]c2ccccc12. The number of benzene rings is 2. The smallest absolute Gasteiger partial charge is 0.273 e. The zero-order valence-corrected chi connectivity index (χ0v) is 11.9. The lowest BCUT2D eigenvalue weighted by molar-refractivity contribution is 0.0957. The molecule has 0 saturated carbocycles. The molecule has 0 aliphatic carbocycles. The average molecular weight is 289 g/mol. The highest BCUT2D eigenvalue weighted by atomic mass is 16.2. The predicted molar refractivity (Wildman–Crippen MR) is 89.7 cm³/mol. The van der Waals surface area contributed by atoms with Gasteiger partial charge in [0.05, 0.1) is 5.56 Å². The summed E-state index contributed by atoms with van der Waals surface area (Å²) >= 11 is 0. The number of carbonyl (C=O) groups is 1. The van der Waals surface area contributed by atoms with Gasteiger partial charge in [0.15, 0.2) is 0 Å². The number of para-hydroxylation sites is 1. The van der Waals surface area contributed by atoms with Crippen LogP contribution in [0.4, 0.5) is 0 Å². The monoisotopic (exact) mass is 289 g/mol. The molecular formula is C18H15N3O. The number of allylic oxidation sites excluding steroid dienone is 1. The quantitative estimate of drug-likeness (QED) is 0.559. The standard InChI is InChI=1S/C18H15N3O/c22-18(16-13-19-17-11-5-4-10-15(16)17)21-20-12-6-9-14-7-2-1-3-8-14/h1-13,19H,(H,21,22). The van der Waals surface area contributed by atoms with Crippen LogP contribution >= 0.6 is 0 Å². The number of nitrogens with zero attached hydrogens (tertiary/aromatic N) is 1. The fourth-order valence-electron chi connectivity index (χ4n) is 2.18. The Morgan fingerprint density at radius 2 is 1.82 bits per heavy atom. The van der Waals surface area contributed by atoms with E-state index in [-0.39, 0.29) is 5.91 Å². The largest absolute Gasteiger partial charge is 0.360 e. The van der Waals surface area contributed by atoms with Gasteiger partial charge >= 0.3 is 0 Å². The summed E-state index contributed by atoms with van der Waals surface area (Å²) < 4.78 is 0. The van der Waals surface area contributed by atoms with E-state index in [9.17, 15) is 4.79 Å². The van der Waals surface area contributed by atoms with Crippen molar-refractivity contribution in [2.24, 2.45) is 5.10 Å². The number of aromatic amines is 1. The minimum atomic E-state index is -0.234. The molecule has 108 valence electrons. The first kappa shape index (κ1) is 13.8. The number of hydrogen-bond donors (Lipinski definition) is 2. The second-order valence-corrected chi connectivity index (χ2v) is 4.74. The maximum absolute atomic E-state index is 12.1. The third kappa shape index (κ3) is 3.12. The van der Waals surface area contributed by atoms with Gasteiger partial charge in [-0.05, 0) is 17.7 Å². The summed E-state index contributed by atoms with van der Waals surface area (Å²) in [6, 6.07) is 17.5. The Morgan fingerprint density at radius 3 is 2.68 bits per heavy atom. The van der Waals surface area contributed by atoms with Crippen molar-refractivity contribution in [1.29, 1.82) is 0 Å². The van der Waals surface area contributed by atoms with Crippen LogP contribution < -0.4 is 5.43 Å². The van der Waals surface area contributed by atoms with E-state index in [1.54, 1.807) is 18.5 Å². The number of nitrogens with one attached hydrogen (secondary N) is 2. The third-order valence-electron chi connectivity index (χ3n) is 3.25. The second-order valence-electron chi connectivity index (χ2n) is 4.74. The third-order valence-corrected chi connectivity index (χ3v) is 3.25. The molecule has 0 bridgehead atoms. The first-order valence-corrected chi connectivity index (χ1v) is 6.96. The van der Waals surface area contributed by atoms with Gasteiger partial charge in [0.2, 0.25) is 0 Å². The molecule has 3 rings (SSSR count). The Hall–Kier alpha value is -3.14. The molecule has 0 aliphatic rings. The maximum Gasteiger partial charge on any atom is 0.273 e. The zero-order chi connectivity index (χ0) is 15.2. The zero-order valence-electron chi connectivity index (χ0n) is 11.9. The van der Waals surface area contributed by atoms with E-state index in [4.69, 9.17) is 0 Å². The lowest BCUT2D eigenvalue weighted by atomic mass is 10.2. The number of hydrogen-bond acceptors (Lipinski definition) is 2. The lowest BCUT2D eigenvalue weighted by Crippen LogP contribution is -2.16. The van der Waals surface area contributed by atoms with Gasteiger partial charge in [-0.25, -0.2) is 5.43 Å². The van der Waals surface area contributed by atoms with Gasteiger partial charge in [0.25, 0.3) is 5.91 Å². The van der Waals surface area contributed by atoms with Gasteiger partial charge in [0.1, 0.15) is 0 Å². The molecule has 22 heavy (non-hydrogen) atoms. The Balaban J connectivity index is 1.63. The maximum atomic E-state index is 12.1. The number of aromatic nitrogens is 1. The molecule has 0 unspecified atom stereocenters. The molecule has 0 aliphatic heterocycles. The van der Waals surface area contributed by atoms with Crippen LogP contribution in [-0.4, -0.2) is 17.1 Å². The van der Waals surface area contributed by atoms with E-state index < -0.39 is 0 Å². The fourth-order valence-corrected chi connectivity index (χ4v) is 2.18. The Bertz CT molecular complexity index is 832. The highest BCUT2D eigenvalue weighted by Gasteiger charge is 2.10. The van der Waals surface area contributed by atoms with Crippen LogP contribution in [0.25, 0.3) is 17.0 Å². The first-order valence-electron chi connectivity index (χ1n) is 6.96. The number of carbonyl (C=O) groups excluding carboxylic acids is 1. The Kier molecular flexibility index (Phi) is 4.11. The first-order chi connectivity index (χ1) is 10.8. The van der Waals surface area contributed by atoms with Crippen molar-refractivity contribution in [1.82, 2.24) is 10.4 Å². The van der Waals surface area contributed by atoms with Crippen LogP contribution in [0.15, 0.2) is 72.0 Å². The molecule has 0 fully saturated rings. The molecule has 1 heterocycles. The molecule has 1 amide bonds. The molecule has 2 aromatic carbocycles. The number of H-pyrrole nitrogens is 1. The van der Waals surface area contributed by atoms with Crippen molar-refractivity contribution >= 4 is 29.1 Å². The van der Waals surface area contributed by atoms with E-state index >= 15 is 0 Å². The Labute approximate surface area is 128 Å².